The van der Waals surface area contributed by atoms with Gasteiger partial charge in [0.1, 0.15) is 0 Å². The lowest BCUT2D eigenvalue weighted by Crippen LogP contribution is -2.41. The van der Waals surface area contributed by atoms with Gasteiger partial charge in [0.15, 0.2) is 0 Å². The first-order valence-electron chi connectivity index (χ1n) is 10.2. The largest absolute Gasteiger partial charge is 0.339 e. The molecule has 0 atom stereocenters. The number of nitrogens with zero attached hydrogens (tertiary/aromatic N) is 3. The van der Waals surface area contributed by atoms with Gasteiger partial charge in [0.05, 0.1) is 4.90 Å². The van der Waals surface area contributed by atoms with Crippen molar-refractivity contribution in [3.05, 3.63) is 58.9 Å². The molecule has 0 aliphatic carbocycles. The molecule has 4 rings (SSSR count). The van der Waals surface area contributed by atoms with E-state index in [1.165, 1.54) is 4.31 Å². The molecule has 3 aromatic rings. The van der Waals surface area contributed by atoms with Crippen LogP contribution in [0.5, 0.6) is 0 Å². The first-order valence-corrected chi connectivity index (χ1v) is 12.0. The van der Waals surface area contributed by atoms with Crippen molar-refractivity contribution in [1.82, 2.24) is 14.4 Å². The monoisotopic (exact) mass is 474 g/mol. The molecule has 2 heterocycles. The number of anilines is 1. The highest BCUT2D eigenvalue weighted by Gasteiger charge is 2.32. The Kier molecular flexibility index (Phi) is 6.32. The zero-order valence-electron chi connectivity index (χ0n) is 17.7. The van der Waals surface area contributed by atoms with Crippen molar-refractivity contribution in [2.24, 2.45) is 5.92 Å². The first kappa shape index (κ1) is 22.4. The molecule has 10 heteroatoms. The van der Waals surface area contributed by atoms with Crippen LogP contribution < -0.4 is 5.32 Å². The van der Waals surface area contributed by atoms with Gasteiger partial charge >= 0.3 is 0 Å². The molecular weight excluding hydrogens is 452 g/mol. The standard InChI is InChI=1S/C22H23ClN4O4S/c1-14-12-18(23)6-7-20(14)25-22(28)16-8-10-27(11-9-16)32(29,30)19-5-3-4-17(13-19)21-24-15(2)31-26-21/h3-7,12-13,16H,8-11H2,1-2H3,(H,25,28). The normalized spacial score (nSPS) is 15.6. The van der Waals surface area contributed by atoms with Gasteiger partial charge in [0.25, 0.3) is 0 Å². The van der Waals surface area contributed by atoms with Crippen molar-refractivity contribution in [2.45, 2.75) is 31.6 Å². The van der Waals surface area contributed by atoms with Gasteiger partial charge in [-0.25, -0.2) is 8.42 Å². The summed E-state index contributed by atoms with van der Waals surface area (Å²) in [6, 6.07) is 11.8. The number of benzene rings is 2. The van der Waals surface area contributed by atoms with Crippen LogP contribution >= 0.6 is 11.6 Å². The molecule has 0 radical (unpaired) electrons. The molecule has 1 amide bonds. The number of hydrogen-bond acceptors (Lipinski definition) is 6. The molecule has 0 bridgehead atoms. The van der Waals surface area contributed by atoms with E-state index in [9.17, 15) is 13.2 Å². The fourth-order valence-corrected chi connectivity index (χ4v) is 5.46. The summed E-state index contributed by atoms with van der Waals surface area (Å²) in [5.41, 5.74) is 2.15. The number of sulfonamides is 1. The summed E-state index contributed by atoms with van der Waals surface area (Å²) in [6.45, 7) is 4.09. The highest BCUT2D eigenvalue weighted by Crippen LogP contribution is 2.28. The fourth-order valence-electron chi connectivity index (χ4n) is 3.72. The number of halogens is 1. The molecule has 0 spiro atoms. The van der Waals surface area contributed by atoms with Crippen LogP contribution in [0.25, 0.3) is 11.4 Å². The van der Waals surface area contributed by atoms with E-state index < -0.39 is 10.0 Å². The van der Waals surface area contributed by atoms with E-state index >= 15 is 0 Å². The lowest BCUT2D eigenvalue weighted by molar-refractivity contribution is -0.120. The van der Waals surface area contributed by atoms with Crippen molar-refractivity contribution in [3.8, 4) is 11.4 Å². The second-order valence-corrected chi connectivity index (χ2v) is 10.2. The van der Waals surface area contributed by atoms with E-state index in [1.54, 1.807) is 49.4 Å². The minimum Gasteiger partial charge on any atom is -0.339 e. The van der Waals surface area contributed by atoms with Gasteiger partial charge in [0, 0.05) is 42.2 Å². The number of amides is 1. The van der Waals surface area contributed by atoms with Crippen molar-refractivity contribution in [2.75, 3.05) is 18.4 Å². The van der Waals surface area contributed by atoms with Crippen molar-refractivity contribution in [1.29, 1.82) is 0 Å². The molecule has 1 saturated heterocycles. The van der Waals surface area contributed by atoms with Crippen LogP contribution in [-0.4, -0.2) is 41.9 Å². The molecule has 32 heavy (non-hydrogen) atoms. The summed E-state index contributed by atoms with van der Waals surface area (Å²) in [6.07, 6.45) is 0.892. The number of rotatable bonds is 5. The van der Waals surface area contributed by atoms with Crippen LogP contribution in [0.4, 0.5) is 5.69 Å². The van der Waals surface area contributed by atoms with Crippen LogP contribution in [-0.2, 0) is 14.8 Å². The van der Waals surface area contributed by atoms with Crippen LogP contribution in [0.3, 0.4) is 0 Å². The minimum atomic E-state index is -3.70. The average Bonchev–Trinajstić information content (AvgIpc) is 3.22. The summed E-state index contributed by atoms with van der Waals surface area (Å²) in [4.78, 5) is 17.0. The zero-order chi connectivity index (χ0) is 22.9. The Bertz CT molecular complexity index is 1250. The quantitative estimate of drug-likeness (QED) is 0.598. The van der Waals surface area contributed by atoms with Crippen LogP contribution in [0.1, 0.15) is 24.3 Å². The van der Waals surface area contributed by atoms with Gasteiger partial charge in [0.2, 0.25) is 27.6 Å². The number of nitrogens with one attached hydrogen (secondary N) is 1. The van der Waals surface area contributed by atoms with Gasteiger partial charge in [-0.15, -0.1) is 0 Å². The molecule has 2 aromatic carbocycles. The molecule has 1 aliphatic heterocycles. The summed E-state index contributed by atoms with van der Waals surface area (Å²) in [5.74, 6) is 0.377. The predicted octanol–water partition coefficient (Wildman–Crippen LogP) is 4.05. The maximum atomic E-state index is 13.2. The predicted molar refractivity (Wildman–Crippen MR) is 121 cm³/mol. The number of carbonyl (C=O) groups excluding carboxylic acids is 1. The van der Waals surface area contributed by atoms with E-state index in [4.69, 9.17) is 16.1 Å². The third-order valence-electron chi connectivity index (χ3n) is 5.53. The SMILES string of the molecule is Cc1nc(-c2cccc(S(=O)(=O)N3CCC(C(=O)Nc4ccc(Cl)cc4C)CC3)c2)no1. The average molecular weight is 475 g/mol. The maximum absolute atomic E-state index is 13.2. The molecule has 0 saturated carbocycles. The Morgan fingerprint density at radius 1 is 1.16 bits per heavy atom. The van der Waals surface area contributed by atoms with Crippen LogP contribution in [0, 0.1) is 19.8 Å². The van der Waals surface area contributed by atoms with E-state index in [0.717, 1.165) is 5.56 Å². The van der Waals surface area contributed by atoms with E-state index in [1.807, 2.05) is 6.92 Å². The number of aryl methyl sites for hydroxylation is 2. The Hall–Kier alpha value is -2.75. The Labute approximate surface area is 191 Å². The van der Waals surface area contributed by atoms with E-state index in [2.05, 4.69) is 15.5 Å². The molecule has 1 fully saturated rings. The fraction of sp³-hybridized carbons (Fsp3) is 0.318. The first-order chi connectivity index (χ1) is 15.2. The Balaban J connectivity index is 1.43. The molecule has 1 aromatic heterocycles. The molecule has 8 nitrogen and oxygen atoms in total. The highest BCUT2D eigenvalue weighted by atomic mass is 35.5. The van der Waals surface area contributed by atoms with Crippen LogP contribution in [0.15, 0.2) is 51.9 Å². The molecule has 1 N–H and O–H groups in total. The van der Waals surface area contributed by atoms with Gasteiger partial charge in [-0.1, -0.05) is 28.9 Å². The summed E-state index contributed by atoms with van der Waals surface area (Å²) < 4.78 is 32.7. The van der Waals surface area contributed by atoms with Crippen molar-refractivity contribution >= 4 is 33.2 Å². The molecule has 168 valence electrons. The maximum Gasteiger partial charge on any atom is 0.243 e. The lowest BCUT2D eigenvalue weighted by Gasteiger charge is -2.30. The number of hydrogen-bond donors (Lipinski definition) is 1. The topological polar surface area (TPSA) is 105 Å². The molecule has 1 aliphatic rings. The third kappa shape index (κ3) is 4.69. The number of piperidine rings is 1. The van der Waals surface area contributed by atoms with Crippen LogP contribution in [0.2, 0.25) is 5.02 Å². The third-order valence-corrected chi connectivity index (χ3v) is 7.66. The highest BCUT2D eigenvalue weighted by molar-refractivity contribution is 7.89. The van der Waals surface area contributed by atoms with Gasteiger partial charge in [-0.3, -0.25) is 4.79 Å². The van der Waals surface area contributed by atoms with Gasteiger partial charge in [-0.2, -0.15) is 9.29 Å². The van der Waals surface area contributed by atoms with Crippen molar-refractivity contribution < 1.29 is 17.7 Å². The van der Waals surface area contributed by atoms with Crippen molar-refractivity contribution in [3.63, 3.8) is 0 Å². The second kappa shape index (κ2) is 9.01. The summed E-state index contributed by atoms with van der Waals surface area (Å²) in [7, 11) is -3.70. The second-order valence-electron chi connectivity index (χ2n) is 7.79. The zero-order valence-corrected chi connectivity index (χ0v) is 19.3. The molecular formula is C22H23ClN4O4S. The number of aromatic nitrogens is 2. The smallest absolute Gasteiger partial charge is 0.243 e. The summed E-state index contributed by atoms with van der Waals surface area (Å²) >= 11 is 5.97. The van der Waals surface area contributed by atoms with E-state index in [-0.39, 0.29) is 29.8 Å². The Morgan fingerprint density at radius 2 is 1.91 bits per heavy atom. The van der Waals surface area contributed by atoms with E-state index in [0.29, 0.717) is 40.8 Å². The van der Waals surface area contributed by atoms with Gasteiger partial charge < -0.3 is 9.84 Å². The number of carbonyl (C=O) groups is 1. The minimum absolute atomic E-state index is 0.109. The Morgan fingerprint density at radius 3 is 2.56 bits per heavy atom. The lowest BCUT2D eigenvalue weighted by atomic mass is 9.97. The summed E-state index contributed by atoms with van der Waals surface area (Å²) in [5, 5.41) is 7.39. The molecule has 0 unspecified atom stereocenters. The van der Waals surface area contributed by atoms with Gasteiger partial charge in [-0.05, 0) is 55.7 Å².